The van der Waals surface area contributed by atoms with E-state index in [9.17, 15) is 9.59 Å². The maximum atomic E-state index is 12.7. The molecular weight excluding hydrogens is 374 g/mol. The molecule has 2 aromatic rings. The lowest BCUT2D eigenvalue weighted by Crippen LogP contribution is -2.49. The maximum absolute atomic E-state index is 12.7. The molecule has 6 heteroatoms. The van der Waals surface area contributed by atoms with E-state index >= 15 is 0 Å². The van der Waals surface area contributed by atoms with Crippen LogP contribution >= 0.6 is 11.6 Å². The first kappa shape index (κ1) is 20.4. The van der Waals surface area contributed by atoms with Crippen molar-refractivity contribution in [3.8, 4) is 0 Å². The van der Waals surface area contributed by atoms with E-state index in [0.29, 0.717) is 11.6 Å². The molecular formula is C22H26ClN3O2. The Kier molecular flexibility index (Phi) is 6.70. The summed E-state index contributed by atoms with van der Waals surface area (Å²) in [5.41, 5.74) is 2.37. The highest BCUT2D eigenvalue weighted by atomic mass is 35.5. The second kappa shape index (κ2) is 9.22. The standard InChI is InChI=1S/C22H26ClN3O2/c1-15-19(23)11-6-12-20(15)25-21(27)16(2)26-13-7-8-17(14-26)22(28)24-18-9-4-3-5-10-18/h3-6,9-12,16-17H,7-8,13-14H2,1-2H3,(H,24,28)(H,25,27)/t16-,17-/m0/s1. The van der Waals surface area contributed by atoms with Crippen molar-refractivity contribution >= 4 is 34.8 Å². The number of carbonyl (C=O) groups excluding carboxylic acids is 2. The van der Waals surface area contributed by atoms with Crippen LogP contribution in [0.3, 0.4) is 0 Å². The van der Waals surface area contributed by atoms with E-state index in [1.807, 2.05) is 56.3 Å². The minimum absolute atomic E-state index is 0.00851. The SMILES string of the molecule is Cc1c(Cl)cccc1NC(=O)[C@H](C)N1CCC[C@H](C(=O)Nc2ccccc2)C1. The molecule has 1 saturated heterocycles. The first-order chi connectivity index (χ1) is 13.5. The van der Waals surface area contributed by atoms with Crippen molar-refractivity contribution in [3.63, 3.8) is 0 Å². The number of hydrogen-bond donors (Lipinski definition) is 2. The van der Waals surface area contributed by atoms with Crippen LogP contribution in [0.4, 0.5) is 11.4 Å². The maximum Gasteiger partial charge on any atom is 0.241 e. The number of halogens is 1. The number of amides is 2. The molecule has 28 heavy (non-hydrogen) atoms. The molecule has 1 fully saturated rings. The number of benzene rings is 2. The molecule has 2 amide bonds. The van der Waals surface area contributed by atoms with E-state index in [-0.39, 0.29) is 23.8 Å². The Morgan fingerprint density at radius 2 is 1.86 bits per heavy atom. The summed E-state index contributed by atoms with van der Waals surface area (Å²) >= 11 is 6.14. The summed E-state index contributed by atoms with van der Waals surface area (Å²) in [5, 5.41) is 6.57. The summed E-state index contributed by atoms with van der Waals surface area (Å²) in [6, 6.07) is 14.6. The van der Waals surface area contributed by atoms with E-state index in [0.717, 1.165) is 36.3 Å². The summed E-state index contributed by atoms with van der Waals surface area (Å²) in [6.45, 7) is 5.14. The fourth-order valence-electron chi connectivity index (χ4n) is 3.48. The molecule has 0 spiro atoms. The topological polar surface area (TPSA) is 61.4 Å². The first-order valence-corrected chi connectivity index (χ1v) is 9.99. The Labute approximate surface area is 171 Å². The summed E-state index contributed by atoms with van der Waals surface area (Å²) in [5.74, 6) is -0.208. The molecule has 1 heterocycles. The Bertz CT molecular complexity index is 841. The van der Waals surface area contributed by atoms with Gasteiger partial charge < -0.3 is 10.6 Å². The van der Waals surface area contributed by atoms with Crippen LogP contribution in [0, 0.1) is 12.8 Å². The molecule has 2 N–H and O–H groups in total. The zero-order valence-electron chi connectivity index (χ0n) is 16.2. The van der Waals surface area contributed by atoms with Gasteiger partial charge >= 0.3 is 0 Å². The third-order valence-corrected chi connectivity index (χ3v) is 5.73. The average Bonchev–Trinajstić information content (AvgIpc) is 2.71. The van der Waals surface area contributed by atoms with Crippen LogP contribution in [-0.2, 0) is 9.59 Å². The summed E-state index contributed by atoms with van der Waals surface area (Å²) < 4.78 is 0. The Morgan fingerprint density at radius 1 is 1.11 bits per heavy atom. The predicted molar refractivity (Wildman–Crippen MR) is 114 cm³/mol. The van der Waals surface area contributed by atoms with Gasteiger partial charge in [-0.1, -0.05) is 35.9 Å². The van der Waals surface area contributed by atoms with E-state index in [1.165, 1.54) is 0 Å². The Morgan fingerprint density at radius 3 is 2.61 bits per heavy atom. The zero-order chi connectivity index (χ0) is 20.1. The lowest BCUT2D eigenvalue weighted by atomic mass is 9.95. The number of anilines is 2. The van der Waals surface area contributed by atoms with Crippen LogP contribution in [0.5, 0.6) is 0 Å². The van der Waals surface area contributed by atoms with Gasteiger partial charge in [-0.15, -0.1) is 0 Å². The number of nitrogens with zero attached hydrogens (tertiary/aromatic N) is 1. The second-order valence-electron chi connectivity index (χ2n) is 7.27. The summed E-state index contributed by atoms with van der Waals surface area (Å²) in [7, 11) is 0. The van der Waals surface area contributed by atoms with Gasteiger partial charge in [0, 0.05) is 22.9 Å². The van der Waals surface area contributed by atoms with Crippen LogP contribution in [0.1, 0.15) is 25.3 Å². The van der Waals surface area contributed by atoms with Gasteiger partial charge in [0.25, 0.3) is 0 Å². The molecule has 1 aliphatic heterocycles. The lowest BCUT2D eigenvalue weighted by molar-refractivity contribution is -0.125. The molecule has 5 nitrogen and oxygen atoms in total. The third-order valence-electron chi connectivity index (χ3n) is 5.32. The van der Waals surface area contributed by atoms with Crippen LogP contribution in [0.15, 0.2) is 48.5 Å². The van der Waals surface area contributed by atoms with Crippen molar-refractivity contribution in [2.45, 2.75) is 32.7 Å². The molecule has 0 unspecified atom stereocenters. The number of carbonyl (C=O) groups is 2. The van der Waals surface area contributed by atoms with Gasteiger partial charge in [0.05, 0.1) is 12.0 Å². The number of rotatable bonds is 5. The third kappa shape index (κ3) is 4.91. The van der Waals surface area contributed by atoms with Crippen LogP contribution in [-0.4, -0.2) is 35.8 Å². The quantitative estimate of drug-likeness (QED) is 0.786. The van der Waals surface area contributed by atoms with Crippen LogP contribution in [0.2, 0.25) is 5.02 Å². The fourth-order valence-corrected chi connectivity index (χ4v) is 3.66. The number of para-hydroxylation sites is 1. The molecule has 0 aromatic heterocycles. The zero-order valence-corrected chi connectivity index (χ0v) is 17.0. The van der Waals surface area contributed by atoms with Crippen molar-refractivity contribution in [2.75, 3.05) is 23.7 Å². The molecule has 0 saturated carbocycles. The molecule has 2 atom stereocenters. The molecule has 2 aromatic carbocycles. The Balaban J connectivity index is 1.60. The van der Waals surface area contributed by atoms with E-state index in [1.54, 1.807) is 6.07 Å². The van der Waals surface area contributed by atoms with Gasteiger partial charge in [-0.3, -0.25) is 14.5 Å². The van der Waals surface area contributed by atoms with Crippen molar-refractivity contribution < 1.29 is 9.59 Å². The fraction of sp³-hybridized carbons (Fsp3) is 0.364. The summed E-state index contributed by atoms with van der Waals surface area (Å²) in [6.07, 6.45) is 1.72. The molecule has 0 aliphatic carbocycles. The second-order valence-corrected chi connectivity index (χ2v) is 7.67. The number of likely N-dealkylation sites (tertiary alicyclic amines) is 1. The van der Waals surface area contributed by atoms with Crippen molar-refractivity contribution in [1.82, 2.24) is 4.90 Å². The molecule has 0 radical (unpaired) electrons. The van der Waals surface area contributed by atoms with Gasteiger partial charge in [0.15, 0.2) is 0 Å². The molecule has 1 aliphatic rings. The molecule has 3 rings (SSSR count). The minimum Gasteiger partial charge on any atom is -0.326 e. The highest BCUT2D eigenvalue weighted by Crippen LogP contribution is 2.24. The first-order valence-electron chi connectivity index (χ1n) is 9.61. The van der Waals surface area contributed by atoms with E-state index < -0.39 is 0 Å². The average molecular weight is 400 g/mol. The van der Waals surface area contributed by atoms with E-state index in [2.05, 4.69) is 15.5 Å². The van der Waals surface area contributed by atoms with Gasteiger partial charge in [-0.25, -0.2) is 0 Å². The Hall–Kier alpha value is -2.37. The van der Waals surface area contributed by atoms with Gasteiger partial charge in [-0.05, 0) is 63.1 Å². The van der Waals surface area contributed by atoms with Crippen molar-refractivity contribution in [2.24, 2.45) is 5.92 Å². The highest BCUT2D eigenvalue weighted by molar-refractivity contribution is 6.31. The van der Waals surface area contributed by atoms with Crippen LogP contribution < -0.4 is 10.6 Å². The predicted octanol–water partition coefficient (Wildman–Crippen LogP) is 4.33. The lowest BCUT2D eigenvalue weighted by Gasteiger charge is -2.35. The van der Waals surface area contributed by atoms with Crippen LogP contribution in [0.25, 0.3) is 0 Å². The van der Waals surface area contributed by atoms with Gasteiger partial charge in [0.2, 0.25) is 11.8 Å². The van der Waals surface area contributed by atoms with Gasteiger partial charge in [0.1, 0.15) is 0 Å². The smallest absolute Gasteiger partial charge is 0.241 e. The van der Waals surface area contributed by atoms with Gasteiger partial charge in [-0.2, -0.15) is 0 Å². The highest BCUT2D eigenvalue weighted by Gasteiger charge is 2.31. The molecule has 148 valence electrons. The van der Waals surface area contributed by atoms with Crippen molar-refractivity contribution in [3.05, 3.63) is 59.1 Å². The normalized spacial score (nSPS) is 18.3. The number of nitrogens with one attached hydrogen (secondary N) is 2. The minimum atomic E-state index is -0.328. The summed E-state index contributed by atoms with van der Waals surface area (Å²) in [4.78, 5) is 27.4. The largest absolute Gasteiger partial charge is 0.326 e. The van der Waals surface area contributed by atoms with Crippen molar-refractivity contribution in [1.29, 1.82) is 0 Å². The van der Waals surface area contributed by atoms with E-state index in [4.69, 9.17) is 11.6 Å². The number of piperidine rings is 1. The monoisotopic (exact) mass is 399 g/mol. The number of hydrogen-bond acceptors (Lipinski definition) is 3. The molecule has 0 bridgehead atoms.